The zero-order valence-corrected chi connectivity index (χ0v) is 20.9. The van der Waals surface area contributed by atoms with E-state index in [1.807, 2.05) is 24.3 Å². The minimum absolute atomic E-state index is 0.826. The van der Waals surface area contributed by atoms with E-state index < -0.39 is 0 Å². The molecule has 0 amide bonds. The fraction of sp³-hybridized carbons (Fsp3) is 0.0588. The summed E-state index contributed by atoms with van der Waals surface area (Å²) in [5.74, 6) is 1.65. The molecule has 0 N–H and O–H groups in total. The van der Waals surface area contributed by atoms with Crippen molar-refractivity contribution in [2.45, 2.75) is 0 Å². The van der Waals surface area contributed by atoms with Gasteiger partial charge in [-0.05, 0) is 87.8 Å². The topological polar surface area (TPSA) is 21.7 Å². The highest BCUT2D eigenvalue weighted by Gasteiger charge is 2.20. The summed E-state index contributed by atoms with van der Waals surface area (Å²) in [6.07, 6.45) is 0. The van der Waals surface area contributed by atoms with Gasteiger partial charge in [0.1, 0.15) is 11.5 Å². The zero-order chi connectivity index (χ0) is 25.2. The van der Waals surface area contributed by atoms with Gasteiger partial charge in [-0.3, -0.25) is 0 Å². The van der Waals surface area contributed by atoms with Gasteiger partial charge < -0.3 is 14.4 Å². The maximum Gasteiger partial charge on any atom is 0.119 e. The van der Waals surface area contributed by atoms with Crippen LogP contribution in [-0.2, 0) is 0 Å². The van der Waals surface area contributed by atoms with Crippen molar-refractivity contribution in [3.8, 4) is 22.6 Å². The Kier molecular flexibility index (Phi) is 5.95. The molecule has 3 heteroatoms. The van der Waals surface area contributed by atoms with Crippen LogP contribution in [0.1, 0.15) is 0 Å². The van der Waals surface area contributed by atoms with Crippen molar-refractivity contribution in [1.82, 2.24) is 0 Å². The molecular weight excluding hydrogens is 454 g/mol. The van der Waals surface area contributed by atoms with E-state index in [9.17, 15) is 0 Å². The highest BCUT2D eigenvalue weighted by molar-refractivity contribution is 6.06. The van der Waals surface area contributed by atoms with E-state index in [1.54, 1.807) is 14.2 Å². The van der Waals surface area contributed by atoms with Crippen LogP contribution in [0.2, 0.25) is 0 Å². The lowest BCUT2D eigenvalue weighted by atomic mass is 9.93. The van der Waals surface area contributed by atoms with Crippen molar-refractivity contribution in [1.29, 1.82) is 0 Å². The Hall–Kier alpha value is -4.76. The van der Waals surface area contributed by atoms with Crippen LogP contribution in [-0.4, -0.2) is 14.2 Å². The number of nitrogens with zero attached hydrogens (tertiary/aromatic N) is 1. The predicted octanol–water partition coefficient (Wildman–Crippen LogP) is 9.15. The summed E-state index contributed by atoms with van der Waals surface area (Å²) in [4.78, 5) is 2.30. The maximum atomic E-state index is 5.45. The van der Waals surface area contributed by atoms with Gasteiger partial charge in [0.2, 0.25) is 0 Å². The summed E-state index contributed by atoms with van der Waals surface area (Å²) in [5.41, 5.74) is 5.56. The van der Waals surface area contributed by atoms with Crippen LogP contribution in [0.5, 0.6) is 11.5 Å². The third-order valence-electron chi connectivity index (χ3n) is 6.85. The summed E-state index contributed by atoms with van der Waals surface area (Å²) >= 11 is 0. The monoisotopic (exact) mass is 481 g/mol. The molecule has 0 spiro atoms. The predicted molar refractivity (Wildman–Crippen MR) is 155 cm³/mol. The quantitative estimate of drug-likeness (QED) is 0.237. The van der Waals surface area contributed by atoms with Gasteiger partial charge in [-0.25, -0.2) is 0 Å². The lowest BCUT2D eigenvalue weighted by Crippen LogP contribution is -2.11. The van der Waals surface area contributed by atoms with Crippen LogP contribution >= 0.6 is 0 Å². The number of fused-ring (bicyclic) bond motifs is 2. The Morgan fingerprint density at radius 2 is 1.03 bits per heavy atom. The molecule has 6 aromatic rings. The van der Waals surface area contributed by atoms with Crippen molar-refractivity contribution in [2.24, 2.45) is 0 Å². The summed E-state index contributed by atoms with van der Waals surface area (Å²) in [7, 11) is 3.38. The number of ether oxygens (including phenoxy) is 2. The molecule has 0 radical (unpaired) electrons. The van der Waals surface area contributed by atoms with E-state index in [4.69, 9.17) is 9.47 Å². The van der Waals surface area contributed by atoms with Gasteiger partial charge in [0, 0.05) is 16.9 Å². The molecular formula is C34H27NO2. The zero-order valence-electron chi connectivity index (χ0n) is 20.9. The van der Waals surface area contributed by atoms with Gasteiger partial charge in [0.25, 0.3) is 0 Å². The highest BCUT2D eigenvalue weighted by atomic mass is 16.5. The number of hydrogen-bond acceptors (Lipinski definition) is 3. The van der Waals surface area contributed by atoms with E-state index in [0.29, 0.717) is 0 Å². The summed E-state index contributed by atoms with van der Waals surface area (Å²) in [5, 5.41) is 4.87. The summed E-state index contributed by atoms with van der Waals surface area (Å²) in [6.45, 7) is 0. The molecule has 0 saturated heterocycles. The second kappa shape index (κ2) is 9.71. The molecule has 0 bridgehead atoms. The molecule has 0 aliphatic carbocycles. The van der Waals surface area contributed by atoms with Crippen LogP contribution in [0.3, 0.4) is 0 Å². The Labute approximate surface area is 217 Å². The molecule has 180 valence electrons. The molecule has 6 aromatic carbocycles. The number of rotatable bonds is 6. The first-order chi connectivity index (χ1) is 18.2. The fourth-order valence-electron chi connectivity index (χ4n) is 4.98. The first kappa shape index (κ1) is 22.7. The number of benzene rings is 6. The molecule has 0 aliphatic heterocycles. The Bertz CT molecular complexity index is 1640. The summed E-state index contributed by atoms with van der Waals surface area (Å²) < 4.78 is 10.9. The number of hydrogen-bond donors (Lipinski definition) is 0. The average Bonchev–Trinajstić information content (AvgIpc) is 2.97. The van der Waals surface area contributed by atoms with Crippen molar-refractivity contribution in [3.63, 3.8) is 0 Å². The largest absolute Gasteiger partial charge is 0.497 e. The van der Waals surface area contributed by atoms with Crippen molar-refractivity contribution in [2.75, 3.05) is 19.1 Å². The van der Waals surface area contributed by atoms with Crippen LogP contribution in [0, 0.1) is 0 Å². The molecule has 6 rings (SSSR count). The Balaban J connectivity index is 1.64. The maximum absolute atomic E-state index is 5.45. The van der Waals surface area contributed by atoms with Crippen molar-refractivity contribution >= 4 is 38.6 Å². The smallest absolute Gasteiger partial charge is 0.119 e. The molecule has 0 fully saturated rings. The molecule has 0 aliphatic rings. The van der Waals surface area contributed by atoms with Gasteiger partial charge >= 0.3 is 0 Å². The molecule has 0 saturated carbocycles. The molecule has 0 atom stereocenters. The van der Waals surface area contributed by atoms with Gasteiger partial charge in [-0.2, -0.15) is 0 Å². The first-order valence-electron chi connectivity index (χ1n) is 12.3. The second-order valence-corrected chi connectivity index (χ2v) is 8.97. The van der Waals surface area contributed by atoms with E-state index in [2.05, 4.69) is 108 Å². The van der Waals surface area contributed by atoms with Crippen molar-refractivity contribution < 1.29 is 9.47 Å². The van der Waals surface area contributed by atoms with Crippen LogP contribution in [0.4, 0.5) is 17.1 Å². The highest BCUT2D eigenvalue weighted by Crippen LogP contribution is 2.45. The Morgan fingerprint density at radius 3 is 1.65 bits per heavy atom. The van der Waals surface area contributed by atoms with E-state index in [1.165, 1.54) is 32.7 Å². The van der Waals surface area contributed by atoms with E-state index >= 15 is 0 Å². The Morgan fingerprint density at radius 1 is 0.486 bits per heavy atom. The lowest BCUT2D eigenvalue weighted by molar-refractivity contribution is 0.415. The molecule has 0 aromatic heterocycles. The molecule has 0 heterocycles. The molecule has 37 heavy (non-hydrogen) atoms. The standard InChI is InChI=1S/C34H27NO2/c1-36-30-18-14-28(15-19-30)35(29-16-20-31(37-2)21-17-29)33-22-13-25-8-5-6-10-32(25)34(33)27-12-11-24-7-3-4-9-26(24)23-27/h3-23H,1-2H3. The van der Waals surface area contributed by atoms with Gasteiger partial charge in [-0.1, -0.05) is 66.7 Å². The lowest BCUT2D eigenvalue weighted by Gasteiger charge is -2.29. The fourth-order valence-corrected chi connectivity index (χ4v) is 4.98. The number of anilines is 3. The van der Waals surface area contributed by atoms with Gasteiger partial charge in [0.15, 0.2) is 0 Å². The van der Waals surface area contributed by atoms with Crippen LogP contribution in [0.25, 0.3) is 32.7 Å². The van der Waals surface area contributed by atoms with Crippen LogP contribution < -0.4 is 14.4 Å². The molecule has 3 nitrogen and oxygen atoms in total. The van der Waals surface area contributed by atoms with Gasteiger partial charge in [0.05, 0.1) is 19.9 Å². The SMILES string of the molecule is COc1ccc(N(c2ccc(OC)cc2)c2ccc3ccccc3c2-c2ccc3ccccc3c2)cc1. The average molecular weight is 482 g/mol. The first-order valence-corrected chi connectivity index (χ1v) is 12.3. The van der Waals surface area contributed by atoms with E-state index in [-0.39, 0.29) is 0 Å². The third-order valence-corrected chi connectivity index (χ3v) is 6.85. The van der Waals surface area contributed by atoms with Crippen molar-refractivity contribution in [3.05, 3.63) is 127 Å². The molecule has 0 unspecified atom stereocenters. The summed E-state index contributed by atoms with van der Waals surface area (Å²) in [6, 6.07) is 44.7. The second-order valence-electron chi connectivity index (χ2n) is 8.97. The van der Waals surface area contributed by atoms with Crippen LogP contribution in [0.15, 0.2) is 127 Å². The van der Waals surface area contributed by atoms with E-state index in [0.717, 1.165) is 28.6 Å². The third kappa shape index (κ3) is 4.25. The number of methoxy groups -OCH3 is 2. The minimum atomic E-state index is 0.826. The minimum Gasteiger partial charge on any atom is -0.497 e. The normalized spacial score (nSPS) is 11.0. The van der Waals surface area contributed by atoms with Gasteiger partial charge in [-0.15, -0.1) is 0 Å².